The molecule has 0 spiro atoms. The van der Waals surface area contributed by atoms with Gasteiger partial charge in [-0.05, 0) is 39.3 Å². The first-order valence-corrected chi connectivity index (χ1v) is 5.55. The Morgan fingerprint density at radius 2 is 2.00 bits per heavy atom. The van der Waals surface area contributed by atoms with E-state index < -0.39 is 5.60 Å². The summed E-state index contributed by atoms with van der Waals surface area (Å²) in [6.07, 6.45) is 0. The van der Waals surface area contributed by atoms with Crippen LogP contribution in [0.5, 0.6) is 5.75 Å². The average Bonchev–Trinajstić information content (AvgIpc) is 2.13. The second-order valence-electron chi connectivity index (χ2n) is 4.98. The average molecular weight is 223 g/mol. The zero-order valence-corrected chi connectivity index (χ0v) is 10.4. The van der Waals surface area contributed by atoms with E-state index in [2.05, 4.69) is 5.32 Å². The van der Waals surface area contributed by atoms with Crippen molar-refractivity contribution >= 4 is 0 Å². The van der Waals surface area contributed by atoms with Crippen molar-refractivity contribution in [2.45, 2.75) is 39.3 Å². The standard InChI is InChI=1S/C13H21NO2/c1-9-5-6-11(12(15)7-9)10(2)14-8-13(3,4)16/h5-7,10,14-16H,8H2,1-4H3. The van der Waals surface area contributed by atoms with Crippen LogP contribution in [-0.2, 0) is 0 Å². The lowest BCUT2D eigenvalue weighted by molar-refractivity contribution is 0.0769. The fourth-order valence-electron chi connectivity index (χ4n) is 1.53. The molecule has 0 aliphatic carbocycles. The highest BCUT2D eigenvalue weighted by Gasteiger charge is 2.16. The molecule has 3 nitrogen and oxygen atoms in total. The summed E-state index contributed by atoms with van der Waals surface area (Å²) >= 11 is 0. The first-order chi connectivity index (χ1) is 7.29. The molecule has 3 heteroatoms. The van der Waals surface area contributed by atoms with Gasteiger partial charge in [0, 0.05) is 18.2 Å². The minimum Gasteiger partial charge on any atom is -0.508 e. The summed E-state index contributed by atoms with van der Waals surface area (Å²) in [6, 6.07) is 5.65. The molecule has 16 heavy (non-hydrogen) atoms. The van der Waals surface area contributed by atoms with Gasteiger partial charge in [0.1, 0.15) is 5.75 Å². The van der Waals surface area contributed by atoms with Crippen molar-refractivity contribution in [2.75, 3.05) is 6.54 Å². The molecular weight excluding hydrogens is 202 g/mol. The zero-order chi connectivity index (χ0) is 12.3. The molecule has 1 atom stereocenters. The molecule has 0 saturated carbocycles. The van der Waals surface area contributed by atoms with Crippen LogP contribution in [0.1, 0.15) is 37.9 Å². The van der Waals surface area contributed by atoms with Crippen molar-refractivity contribution in [1.29, 1.82) is 0 Å². The Morgan fingerprint density at radius 3 is 2.50 bits per heavy atom. The van der Waals surface area contributed by atoms with Crippen LogP contribution in [-0.4, -0.2) is 22.4 Å². The molecule has 0 fully saturated rings. The summed E-state index contributed by atoms with van der Waals surface area (Å²) in [4.78, 5) is 0. The predicted octanol–water partition coefficient (Wildman–Crippen LogP) is 2.12. The minimum atomic E-state index is -0.741. The third kappa shape index (κ3) is 3.83. The molecule has 0 amide bonds. The maximum atomic E-state index is 9.79. The van der Waals surface area contributed by atoms with E-state index in [1.807, 2.05) is 26.0 Å². The van der Waals surface area contributed by atoms with Crippen LogP contribution in [0.25, 0.3) is 0 Å². The smallest absolute Gasteiger partial charge is 0.120 e. The number of hydrogen-bond donors (Lipinski definition) is 3. The first kappa shape index (κ1) is 13.0. The van der Waals surface area contributed by atoms with Gasteiger partial charge in [0.2, 0.25) is 0 Å². The highest BCUT2D eigenvalue weighted by atomic mass is 16.3. The van der Waals surface area contributed by atoms with E-state index in [1.165, 1.54) is 0 Å². The maximum absolute atomic E-state index is 9.79. The van der Waals surface area contributed by atoms with Gasteiger partial charge >= 0.3 is 0 Å². The SMILES string of the molecule is Cc1ccc(C(C)NCC(C)(C)O)c(O)c1. The van der Waals surface area contributed by atoms with Crippen LogP contribution < -0.4 is 5.32 Å². The van der Waals surface area contributed by atoms with Crippen molar-refractivity contribution in [3.63, 3.8) is 0 Å². The number of aryl methyl sites for hydroxylation is 1. The molecule has 0 radical (unpaired) electrons. The van der Waals surface area contributed by atoms with Gasteiger partial charge in [0.15, 0.2) is 0 Å². The van der Waals surface area contributed by atoms with Gasteiger partial charge in [-0.1, -0.05) is 12.1 Å². The molecule has 0 aliphatic heterocycles. The molecule has 90 valence electrons. The van der Waals surface area contributed by atoms with E-state index in [-0.39, 0.29) is 6.04 Å². The number of nitrogens with one attached hydrogen (secondary N) is 1. The van der Waals surface area contributed by atoms with Gasteiger partial charge in [-0.3, -0.25) is 0 Å². The van der Waals surface area contributed by atoms with E-state index in [0.29, 0.717) is 12.3 Å². The number of benzene rings is 1. The van der Waals surface area contributed by atoms with Crippen molar-refractivity contribution in [2.24, 2.45) is 0 Å². The minimum absolute atomic E-state index is 0.0204. The second-order valence-corrected chi connectivity index (χ2v) is 4.98. The third-order valence-electron chi connectivity index (χ3n) is 2.49. The molecule has 3 N–H and O–H groups in total. The predicted molar refractivity (Wildman–Crippen MR) is 65.6 cm³/mol. The van der Waals surface area contributed by atoms with Gasteiger partial charge in [0.05, 0.1) is 5.60 Å². The summed E-state index contributed by atoms with van der Waals surface area (Å²) in [5, 5.41) is 22.6. The lowest BCUT2D eigenvalue weighted by atomic mass is 10.0. The Morgan fingerprint density at radius 1 is 1.38 bits per heavy atom. The monoisotopic (exact) mass is 223 g/mol. The highest BCUT2D eigenvalue weighted by Crippen LogP contribution is 2.25. The van der Waals surface area contributed by atoms with E-state index in [4.69, 9.17) is 0 Å². The largest absolute Gasteiger partial charge is 0.508 e. The van der Waals surface area contributed by atoms with E-state index in [1.54, 1.807) is 19.9 Å². The van der Waals surface area contributed by atoms with Gasteiger partial charge < -0.3 is 15.5 Å². The quantitative estimate of drug-likeness (QED) is 0.733. The maximum Gasteiger partial charge on any atom is 0.120 e. The first-order valence-electron chi connectivity index (χ1n) is 5.55. The molecule has 0 aliphatic rings. The fraction of sp³-hybridized carbons (Fsp3) is 0.538. The summed E-state index contributed by atoms with van der Waals surface area (Å²) in [6.45, 7) is 7.90. The number of aromatic hydroxyl groups is 1. The number of phenolic OH excluding ortho intramolecular Hbond substituents is 1. The summed E-state index contributed by atoms with van der Waals surface area (Å²) < 4.78 is 0. The van der Waals surface area contributed by atoms with Crippen LogP contribution in [0.3, 0.4) is 0 Å². The van der Waals surface area contributed by atoms with Crippen LogP contribution in [0.15, 0.2) is 18.2 Å². The fourth-order valence-corrected chi connectivity index (χ4v) is 1.53. The van der Waals surface area contributed by atoms with Crippen molar-refractivity contribution in [1.82, 2.24) is 5.32 Å². The topological polar surface area (TPSA) is 52.5 Å². The van der Waals surface area contributed by atoms with Crippen LogP contribution in [0.4, 0.5) is 0 Å². The van der Waals surface area contributed by atoms with E-state index >= 15 is 0 Å². The number of aliphatic hydroxyl groups is 1. The van der Waals surface area contributed by atoms with Crippen LogP contribution in [0.2, 0.25) is 0 Å². The molecule has 0 saturated heterocycles. The third-order valence-corrected chi connectivity index (χ3v) is 2.49. The molecule has 1 rings (SSSR count). The Hall–Kier alpha value is -1.06. The van der Waals surface area contributed by atoms with Crippen LogP contribution in [0, 0.1) is 6.92 Å². The van der Waals surface area contributed by atoms with E-state index in [9.17, 15) is 10.2 Å². The van der Waals surface area contributed by atoms with Gasteiger partial charge in [-0.25, -0.2) is 0 Å². The Kier molecular flexibility index (Phi) is 3.94. The lowest BCUT2D eigenvalue weighted by Gasteiger charge is -2.22. The van der Waals surface area contributed by atoms with Crippen molar-refractivity contribution in [3.8, 4) is 5.75 Å². The molecule has 1 aromatic carbocycles. The summed E-state index contributed by atoms with van der Waals surface area (Å²) in [5.41, 5.74) is 1.15. The molecule has 0 bridgehead atoms. The Bertz CT molecular complexity index is 355. The molecule has 1 unspecified atom stereocenters. The van der Waals surface area contributed by atoms with Crippen molar-refractivity contribution < 1.29 is 10.2 Å². The number of rotatable bonds is 4. The summed E-state index contributed by atoms with van der Waals surface area (Å²) in [7, 11) is 0. The molecular formula is C13H21NO2. The van der Waals surface area contributed by atoms with Gasteiger partial charge in [-0.2, -0.15) is 0 Å². The Balaban J connectivity index is 2.70. The number of phenols is 1. The zero-order valence-electron chi connectivity index (χ0n) is 10.4. The molecule has 1 aromatic rings. The normalized spacial score (nSPS) is 13.8. The lowest BCUT2D eigenvalue weighted by Crippen LogP contribution is -2.36. The van der Waals surface area contributed by atoms with E-state index in [0.717, 1.165) is 11.1 Å². The summed E-state index contributed by atoms with van der Waals surface area (Å²) in [5.74, 6) is 0.302. The van der Waals surface area contributed by atoms with Crippen LogP contribution >= 0.6 is 0 Å². The van der Waals surface area contributed by atoms with Gasteiger partial charge in [0.25, 0.3) is 0 Å². The van der Waals surface area contributed by atoms with Crippen molar-refractivity contribution in [3.05, 3.63) is 29.3 Å². The molecule has 0 heterocycles. The molecule has 0 aromatic heterocycles. The van der Waals surface area contributed by atoms with Gasteiger partial charge in [-0.15, -0.1) is 0 Å². The Labute approximate surface area is 97.1 Å². The number of hydrogen-bond acceptors (Lipinski definition) is 3. The second kappa shape index (κ2) is 4.85. The highest BCUT2D eigenvalue weighted by molar-refractivity contribution is 5.37.